The Hall–Kier alpha value is -1.09. The normalized spacial score (nSPS) is 10.9. The third-order valence-electron chi connectivity index (χ3n) is 2.97. The molecule has 0 saturated heterocycles. The van der Waals surface area contributed by atoms with E-state index in [9.17, 15) is 0 Å². The monoisotopic (exact) mass is 235 g/mol. The van der Waals surface area contributed by atoms with Crippen LogP contribution >= 0.6 is 0 Å². The molecular formula is C14H25N3. The van der Waals surface area contributed by atoms with Gasteiger partial charge in [-0.1, -0.05) is 25.8 Å². The van der Waals surface area contributed by atoms with Gasteiger partial charge in [-0.15, -0.1) is 0 Å². The third-order valence-corrected chi connectivity index (χ3v) is 2.97. The van der Waals surface area contributed by atoms with E-state index in [2.05, 4.69) is 42.8 Å². The number of unbranched alkanes of at least 4 members (excludes halogenated alkanes) is 2. The van der Waals surface area contributed by atoms with E-state index in [1.54, 1.807) is 0 Å². The lowest BCUT2D eigenvalue weighted by atomic mass is 10.2. The minimum Gasteiger partial charge on any atom is -0.354 e. The summed E-state index contributed by atoms with van der Waals surface area (Å²) in [6, 6.07) is 4.63. The molecule has 3 heteroatoms. The van der Waals surface area contributed by atoms with Gasteiger partial charge in [0.2, 0.25) is 0 Å². The summed E-state index contributed by atoms with van der Waals surface area (Å²) in [7, 11) is 0. The summed E-state index contributed by atoms with van der Waals surface area (Å²) in [6.45, 7) is 8.30. The first kappa shape index (κ1) is 14.0. The van der Waals surface area contributed by atoms with Crippen molar-refractivity contribution in [3.05, 3.63) is 23.9 Å². The van der Waals surface area contributed by atoms with Crippen LogP contribution < -0.4 is 10.6 Å². The van der Waals surface area contributed by atoms with Crippen LogP contribution in [0.15, 0.2) is 18.3 Å². The second-order valence-electron chi connectivity index (χ2n) is 4.72. The van der Waals surface area contributed by atoms with Gasteiger partial charge in [0.15, 0.2) is 0 Å². The Bertz CT molecular complexity index is 306. The van der Waals surface area contributed by atoms with Crippen molar-refractivity contribution in [2.75, 3.05) is 11.4 Å². The standard InChI is InChI=1S/C14H25N3/c1-4-5-6-9-17(12(2)3)14-8-7-13(10-15)11-16-14/h7-8,11-12H,4-6,9-10,15H2,1-3H3. The summed E-state index contributed by atoms with van der Waals surface area (Å²) in [5, 5.41) is 0. The number of nitrogens with zero attached hydrogens (tertiary/aromatic N) is 2. The van der Waals surface area contributed by atoms with Crippen LogP contribution in [0.2, 0.25) is 0 Å². The highest BCUT2D eigenvalue weighted by Gasteiger charge is 2.10. The molecule has 1 aromatic rings. The van der Waals surface area contributed by atoms with Gasteiger partial charge in [-0.3, -0.25) is 0 Å². The van der Waals surface area contributed by atoms with E-state index in [-0.39, 0.29) is 0 Å². The van der Waals surface area contributed by atoms with E-state index < -0.39 is 0 Å². The van der Waals surface area contributed by atoms with Gasteiger partial charge in [-0.05, 0) is 31.9 Å². The zero-order valence-corrected chi connectivity index (χ0v) is 11.3. The van der Waals surface area contributed by atoms with Crippen LogP contribution in [0.3, 0.4) is 0 Å². The molecule has 0 aliphatic carbocycles. The Kier molecular flexibility index (Phi) is 5.98. The summed E-state index contributed by atoms with van der Waals surface area (Å²) in [5.41, 5.74) is 6.67. The van der Waals surface area contributed by atoms with E-state index in [4.69, 9.17) is 5.73 Å². The van der Waals surface area contributed by atoms with Crippen LogP contribution in [-0.2, 0) is 6.54 Å². The summed E-state index contributed by atoms with van der Waals surface area (Å²) in [4.78, 5) is 6.85. The molecule has 1 rings (SSSR count). The number of aromatic nitrogens is 1. The zero-order valence-electron chi connectivity index (χ0n) is 11.3. The fourth-order valence-electron chi connectivity index (χ4n) is 1.88. The molecular weight excluding hydrogens is 210 g/mol. The molecule has 0 atom stereocenters. The maximum atomic E-state index is 5.58. The lowest BCUT2D eigenvalue weighted by Gasteiger charge is -2.28. The lowest BCUT2D eigenvalue weighted by Crippen LogP contribution is -2.32. The van der Waals surface area contributed by atoms with E-state index >= 15 is 0 Å². The molecule has 1 aromatic heterocycles. The van der Waals surface area contributed by atoms with Crippen molar-refractivity contribution in [3.8, 4) is 0 Å². The maximum absolute atomic E-state index is 5.58. The molecule has 0 radical (unpaired) electrons. The van der Waals surface area contributed by atoms with Crippen LogP contribution in [-0.4, -0.2) is 17.6 Å². The fourth-order valence-corrected chi connectivity index (χ4v) is 1.88. The molecule has 0 saturated carbocycles. The topological polar surface area (TPSA) is 42.1 Å². The maximum Gasteiger partial charge on any atom is 0.128 e. The predicted octanol–water partition coefficient (Wildman–Crippen LogP) is 2.95. The van der Waals surface area contributed by atoms with Crippen molar-refractivity contribution in [2.45, 2.75) is 52.6 Å². The Labute approximate surface area is 105 Å². The van der Waals surface area contributed by atoms with Gasteiger partial charge in [-0.25, -0.2) is 4.98 Å². The SMILES string of the molecule is CCCCCN(c1ccc(CN)cn1)C(C)C. The molecule has 0 fully saturated rings. The summed E-state index contributed by atoms with van der Waals surface area (Å²) in [5.74, 6) is 1.06. The van der Waals surface area contributed by atoms with Crippen LogP contribution in [0.25, 0.3) is 0 Å². The molecule has 0 unspecified atom stereocenters. The molecule has 0 bridgehead atoms. The number of anilines is 1. The van der Waals surface area contributed by atoms with Gasteiger partial charge in [0.25, 0.3) is 0 Å². The summed E-state index contributed by atoms with van der Waals surface area (Å²) in [6.07, 6.45) is 5.65. The van der Waals surface area contributed by atoms with Crippen molar-refractivity contribution >= 4 is 5.82 Å². The summed E-state index contributed by atoms with van der Waals surface area (Å²) < 4.78 is 0. The molecule has 0 spiro atoms. The van der Waals surface area contributed by atoms with Crippen molar-refractivity contribution in [2.24, 2.45) is 5.73 Å². The fraction of sp³-hybridized carbons (Fsp3) is 0.643. The van der Waals surface area contributed by atoms with Crippen molar-refractivity contribution in [1.29, 1.82) is 0 Å². The van der Waals surface area contributed by atoms with E-state index in [1.165, 1.54) is 19.3 Å². The minimum absolute atomic E-state index is 0.489. The van der Waals surface area contributed by atoms with E-state index in [0.29, 0.717) is 12.6 Å². The smallest absolute Gasteiger partial charge is 0.128 e. The van der Waals surface area contributed by atoms with E-state index in [1.807, 2.05) is 6.20 Å². The zero-order chi connectivity index (χ0) is 12.7. The Morgan fingerprint density at radius 1 is 1.29 bits per heavy atom. The molecule has 17 heavy (non-hydrogen) atoms. The molecule has 0 aliphatic heterocycles. The minimum atomic E-state index is 0.489. The molecule has 2 N–H and O–H groups in total. The highest BCUT2D eigenvalue weighted by molar-refractivity contribution is 5.40. The first-order valence-electron chi connectivity index (χ1n) is 6.60. The van der Waals surface area contributed by atoms with Crippen LogP contribution in [0.4, 0.5) is 5.82 Å². The van der Waals surface area contributed by atoms with Gasteiger partial charge < -0.3 is 10.6 Å². The second-order valence-corrected chi connectivity index (χ2v) is 4.72. The quantitative estimate of drug-likeness (QED) is 0.739. The molecule has 0 aliphatic rings. The molecule has 0 amide bonds. The lowest BCUT2D eigenvalue weighted by molar-refractivity contribution is 0.619. The van der Waals surface area contributed by atoms with Crippen molar-refractivity contribution in [1.82, 2.24) is 4.98 Å². The first-order valence-corrected chi connectivity index (χ1v) is 6.60. The number of hydrogen-bond acceptors (Lipinski definition) is 3. The predicted molar refractivity (Wildman–Crippen MR) is 74.1 cm³/mol. The van der Waals surface area contributed by atoms with Gasteiger partial charge in [-0.2, -0.15) is 0 Å². The highest BCUT2D eigenvalue weighted by Crippen LogP contribution is 2.15. The van der Waals surface area contributed by atoms with Crippen LogP contribution in [0.5, 0.6) is 0 Å². The molecule has 1 heterocycles. The van der Waals surface area contributed by atoms with Gasteiger partial charge in [0.1, 0.15) is 5.82 Å². The first-order chi connectivity index (χ1) is 8.19. The second kappa shape index (κ2) is 7.28. The highest BCUT2D eigenvalue weighted by atomic mass is 15.2. The Morgan fingerprint density at radius 3 is 2.53 bits per heavy atom. The van der Waals surface area contributed by atoms with Gasteiger partial charge >= 0.3 is 0 Å². The van der Waals surface area contributed by atoms with Crippen LogP contribution in [0, 0.1) is 0 Å². The number of rotatable bonds is 7. The van der Waals surface area contributed by atoms with Gasteiger partial charge in [0, 0.05) is 25.3 Å². The van der Waals surface area contributed by atoms with Crippen LogP contribution in [0.1, 0.15) is 45.6 Å². The average molecular weight is 235 g/mol. The Morgan fingerprint density at radius 2 is 2.06 bits per heavy atom. The largest absolute Gasteiger partial charge is 0.354 e. The molecule has 96 valence electrons. The van der Waals surface area contributed by atoms with E-state index in [0.717, 1.165) is 17.9 Å². The number of pyridine rings is 1. The van der Waals surface area contributed by atoms with Crippen molar-refractivity contribution in [3.63, 3.8) is 0 Å². The third kappa shape index (κ3) is 4.35. The summed E-state index contributed by atoms with van der Waals surface area (Å²) >= 11 is 0. The number of hydrogen-bond donors (Lipinski definition) is 1. The number of nitrogens with two attached hydrogens (primary N) is 1. The Balaban J connectivity index is 2.68. The van der Waals surface area contributed by atoms with Crippen molar-refractivity contribution < 1.29 is 0 Å². The average Bonchev–Trinajstić information content (AvgIpc) is 2.34. The molecule has 0 aromatic carbocycles. The molecule has 3 nitrogen and oxygen atoms in total. The van der Waals surface area contributed by atoms with Gasteiger partial charge in [0.05, 0.1) is 0 Å².